The van der Waals surface area contributed by atoms with Gasteiger partial charge in [-0.3, -0.25) is 14.5 Å². The summed E-state index contributed by atoms with van der Waals surface area (Å²) in [6.45, 7) is 4.13. The number of likely N-dealkylation sites (tertiary alicyclic amines) is 1. The molecule has 2 heterocycles. The van der Waals surface area contributed by atoms with Crippen molar-refractivity contribution in [1.82, 2.24) is 14.1 Å². The molecule has 1 unspecified atom stereocenters. The van der Waals surface area contributed by atoms with Crippen molar-refractivity contribution in [2.45, 2.75) is 50.0 Å². The Bertz CT molecular complexity index is 939. The predicted octanol–water partition coefficient (Wildman–Crippen LogP) is 2.64. The van der Waals surface area contributed by atoms with E-state index < -0.39 is 16.1 Å². The largest absolute Gasteiger partial charge is 0.349 e. The van der Waals surface area contributed by atoms with Crippen molar-refractivity contribution in [1.29, 1.82) is 0 Å². The molecule has 0 saturated carbocycles. The number of hydrogen-bond donors (Lipinski definition) is 1. The number of amides is 2. The van der Waals surface area contributed by atoms with E-state index in [1.165, 1.54) is 22.5 Å². The average molecular weight is 485 g/mol. The first kappa shape index (κ1) is 25.0. The first-order valence-electron chi connectivity index (χ1n) is 11.2. The second-order valence-corrected chi connectivity index (χ2v) is 11.2. The number of nitrogens with zero attached hydrogens (tertiary/aromatic N) is 3. The van der Waals surface area contributed by atoms with Gasteiger partial charge < -0.3 is 10.2 Å². The van der Waals surface area contributed by atoms with Gasteiger partial charge in [0, 0.05) is 33.1 Å². The van der Waals surface area contributed by atoms with E-state index in [1.807, 2.05) is 11.8 Å². The van der Waals surface area contributed by atoms with Crippen LogP contribution < -0.4 is 5.32 Å². The molecule has 0 spiro atoms. The van der Waals surface area contributed by atoms with Crippen molar-refractivity contribution in [3.63, 3.8) is 0 Å². The summed E-state index contributed by atoms with van der Waals surface area (Å²) >= 11 is 6.27. The molecule has 178 valence electrons. The van der Waals surface area contributed by atoms with Crippen LogP contribution >= 0.6 is 11.6 Å². The zero-order chi connectivity index (χ0) is 23.5. The molecule has 0 aliphatic carbocycles. The van der Waals surface area contributed by atoms with Gasteiger partial charge in [0.05, 0.1) is 21.6 Å². The normalized spacial score (nSPS) is 20.0. The Kier molecular flexibility index (Phi) is 8.19. The third-order valence-electron chi connectivity index (χ3n) is 6.40. The summed E-state index contributed by atoms with van der Waals surface area (Å²) in [6, 6.07) is 4.01. The maximum absolute atomic E-state index is 13.0. The fraction of sp³-hybridized carbons (Fsp3) is 0.636. The van der Waals surface area contributed by atoms with Crippen LogP contribution in [0.2, 0.25) is 5.02 Å². The zero-order valence-electron chi connectivity index (χ0n) is 19.0. The summed E-state index contributed by atoms with van der Waals surface area (Å²) < 4.78 is 27.5. The third-order valence-corrected chi connectivity index (χ3v) is 8.62. The Morgan fingerprint density at radius 2 is 1.72 bits per heavy atom. The lowest BCUT2D eigenvalue weighted by molar-refractivity contribution is -0.134. The molecule has 0 radical (unpaired) electrons. The van der Waals surface area contributed by atoms with Crippen LogP contribution in [-0.4, -0.2) is 80.7 Å². The molecule has 0 aromatic heterocycles. The number of nitrogens with one attached hydrogen (secondary N) is 1. The number of carbonyl (C=O) groups is 2. The number of halogens is 1. The fourth-order valence-corrected chi connectivity index (χ4v) is 6.03. The first-order chi connectivity index (χ1) is 15.1. The molecule has 1 aromatic rings. The molecule has 0 bridgehead atoms. The van der Waals surface area contributed by atoms with E-state index >= 15 is 0 Å². The van der Waals surface area contributed by atoms with Gasteiger partial charge in [-0.15, -0.1) is 0 Å². The van der Waals surface area contributed by atoms with Crippen molar-refractivity contribution in [3.05, 3.63) is 23.2 Å². The monoisotopic (exact) mass is 484 g/mol. The van der Waals surface area contributed by atoms with E-state index in [4.69, 9.17) is 11.6 Å². The summed E-state index contributed by atoms with van der Waals surface area (Å²) in [6.07, 6.45) is 4.15. The molecule has 8 nitrogen and oxygen atoms in total. The number of anilines is 1. The molecule has 10 heteroatoms. The zero-order valence-corrected chi connectivity index (χ0v) is 20.6. The quantitative estimate of drug-likeness (QED) is 0.670. The van der Waals surface area contributed by atoms with E-state index in [1.54, 1.807) is 19.0 Å². The number of piperidine rings is 2. The Morgan fingerprint density at radius 1 is 1.09 bits per heavy atom. The van der Waals surface area contributed by atoms with Crippen LogP contribution in [0.5, 0.6) is 0 Å². The summed E-state index contributed by atoms with van der Waals surface area (Å²) in [4.78, 5) is 28.9. The van der Waals surface area contributed by atoms with Crippen LogP contribution in [0.3, 0.4) is 0 Å². The third kappa shape index (κ3) is 5.62. The summed E-state index contributed by atoms with van der Waals surface area (Å²) in [5, 5.41) is 3.09. The van der Waals surface area contributed by atoms with E-state index in [9.17, 15) is 18.0 Å². The van der Waals surface area contributed by atoms with Crippen LogP contribution in [0.1, 0.15) is 39.0 Å². The topological polar surface area (TPSA) is 90.0 Å². The average Bonchev–Trinajstić information content (AvgIpc) is 2.80. The van der Waals surface area contributed by atoms with E-state index in [-0.39, 0.29) is 22.6 Å². The Hall–Kier alpha value is -1.68. The predicted molar refractivity (Wildman–Crippen MR) is 125 cm³/mol. The second kappa shape index (κ2) is 10.5. The van der Waals surface area contributed by atoms with Gasteiger partial charge in [-0.1, -0.05) is 18.0 Å². The molecule has 2 saturated heterocycles. The van der Waals surface area contributed by atoms with Crippen molar-refractivity contribution in [2.75, 3.05) is 45.6 Å². The molecule has 32 heavy (non-hydrogen) atoms. The first-order valence-corrected chi connectivity index (χ1v) is 13.0. The Morgan fingerprint density at radius 3 is 2.31 bits per heavy atom. The van der Waals surface area contributed by atoms with Crippen LogP contribution in [0.4, 0.5) is 5.69 Å². The lowest BCUT2D eigenvalue weighted by atomic mass is 9.94. The lowest BCUT2D eigenvalue weighted by Crippen LogP contribution is -2.48. The van der Waals surface area contributed by atoms with Gasteiger partial charge in [-0.2, -0.15) is 4.31 Å². The Balaban J connectivity index is 1.66. The van der Waals surface area contributed by atoms with E-state index in [2.05, 4.69) is 5.32 Å². The number of hydrogen-bond acceptors (Lipinski definition) is 5. The lowest BCUT2D eigenvalue weighted by Gasteiger charge is -2.35. The maximum atomic E-state index is 13.0. The number of carbonyl (C=O) groups excluding carboxylic acids is 2. The van der Waals surface area contributed by atoms with Gasteiger partial charge >= 0.3 is 0 Å². The van der Waals surface area contributed by atoms with Gasteiger partial charge in [0.2, 0.25) is 21.8 Å². The van der Waals surface area contributed by atoms with Gasteiger partial charge in [-0.05, 0) is 63.9 Å². The highest BCUT2D eigenvalue weighted by Gasteiger charge is 2.31. The second-order valence-electron chi connectivity index (χ2n) is 8.81. The smallest absolute Gasteiger partial charge is 0.243 e. The van der Waals surface area contributed by atoms with E-state index in [0.29, 0.717) is 49.7 Å². The maximum Gasteiger partial charge on any atom is 0.243 e. The summed E-state index contributed by atoms with van der Waals surface area (Å²) in [7, 11) is -0.106. The highest BCUT2D eigenvalue weighted by atomic mass is 35.5. The minimum atomic E-state index is -3.62. The Labute approximate surface area is 195 Å². The summed E-state index contributed by atoms with van der Waals surface area (Å²) in [5.41, 5.74) is 0.291. The van der Waals surface area contributed by atoms with Crippen LogP contribution in [0.15, 0.2) is 23.1 Å². The van der Waals surface area contributed by atoms with Crippen LogP contribution in [0, 0.1) is 5.92 Å². The molecule has 1 atom stereocenters. The van der Waals surface area contributed by atoms with Crippen molar-refractivity contribution >= 4 is 39.1 Å². The molecule has 1 aromatic carbocycles. The molecule has 1 N–H and O–H groups in total. The highest BCUT2D eigenvalue weighted by molar-refractivity contribution is 7.89. The summed E-state index contributed by atoms with van der Waals surface area (Å²) in [5.74, 6) is -0.139. The molecule has 2 aliphatic rings. The van der Waals surface area contributed by atoms with Gasteiger partial charge in [-0.25, -0.2) is 8.42 Å². The SMILES string of the molecule is CC(C(=O)Nc1cc(S(=O)(=O)N2CCCCC2)ccc1Cl)N1CCC(C(=O)N(C)C)CC1. The van der Waals surface area contributed by atoms with E-state index in [0.717, 1.165) is 19.3 Å². The number of benzene rings is 1. The molecule has 3 rings (SSSR count). The van der Waals surface area contributed by atoms with Crippen molar-refractivity contribution < 1.29 is 18.0 Å². The van der Waals surface area contributed by atoms with Crippen molar-refractivity contribution in [2.24, 2.45) is 5.92 Å². The van der Waals surface area contributed by atoms with Gasteiger partial charge in [0.1, 0.15) is 0 Å². The standard InChI is InChI=1S/C22H33ClN4O4S/c1-16(26-13-9-17(10-14-26)22(29)25(2)3)21(28)24-20-15-18(7-8-19(20)23)32(30,31)27-11-5-4-6-12-27/h7-8,15-17H,4-6,9-14H2,1-3H3,(H,24,28). The number of rotatable bonds is 6. The molecule has 2 fully saturated rings. The minimum absolute atomic E-state index is 0.0115. The fourth-order valence-electron chi connectivity index (χ4n) is 4.32. The molecule has 2 amide bonds. The molecule has 2 aliphatic heterocycles. The van der Waals surface area contributed by atoms with Gasteiger partial charge in [0.25, 0.3) is 0 Å². The van der Waals surface area contributed by atoms with Crippen LogP contribution in [-0.2, 0) is 19.6 Å². The molecular formula is C22H33ClN4O4S. The minimum Gasteiger partial charge on any atom is -0.349 e. The van der Waals surface area contributed by atoms with Crippen molar-refractivity contribution in [3.8, 4) is 0 Å². The van der Waals surface area contributed by atoms with Gasteiger partial charge in [0.15, 0.2) is 0 Å². The highest BCUT2D eigenvalue weighted by Crippen LogP contribution is 2.29. The van der Waals surface area contributed by atoms with Crippen LogP contribution in [0.25, 0.3) is 0 Å². The molecular weight excluding hydrogens is 452 g/mol. The number of sulfonamides is 1.